The fraction of sp³-hybridized carbons (Fsp3) is 0.556. The number of carbonyl (C=O) groups excluding carboxylic acids is 1. The number of esters is 1. The van der Waals surface area contributed by atoms with Gasteiger partial charge in [-0.2, -0.15) is 0 Å². The van der Waals surface area contributed by atoms with Crippen molar-refractivity contribution in [2.75, 3.05) is 38.2 Å². The van der Waals surface area contributed by atoms with E-state index in [0.29, 0.717) is 6.04 Å². The minimum Gasteiger partial charge on any atom is -0.465 e. The Labute approximate surface area is 138 Å². The maximum Gasteiger partial charge on any atom is 0.340 e. The Bertz CT molecular complexity index is 548. The SMILES string of the molecule is CC[C@H]1CN(C[C](C)C)CCN1c1ccc(F)c(C(=O)OC)c1. The first-order chi connectivity index (χ1) is 11.0. The van der Waals surface area contributed by atoms with E-state index in [1.54, 1.807) is 12.1 Å². The zero-order valence-corrected chi connectivity index (χ0v) is 14.4. The number of methoxy groups -OCH3 is 1. The van der Waals surface area contributed by atoms with Crippen LogP contribution in [0.1, 0.15) is 37.6 Å². The molecule has 1 aromatic rings. The molecule has 2 rings (SSSR count). The fourth-order valence-electron chi connectivity index (χ4n) is 3.16. The molecular formula is C18H26FN2O2. The second-order valence-electron chi connectivity index (χ2n) is 6.35. The molecule has 0 bridgehead atoms. The van der Waals surface area contributed by atoms with E-state index < -0.39 is 11.8 Å². The van der Waals surface area contributed by atoms with Crippen LogP contribution < -0.4 is 4.90 Å². The number of hydrogen-bond acceptors (Lipinski definition) is 4. The quantitative estimate of drug-likeness (QED) is 0.780. The Hall–Kier alpha value is -1.62. The van der Waals surface area contributed by atoms with E-state index >= 15 is 0 Å². The molecule has 1 fully saturated rings. The second-order valence-corrected chi connectivity index (χ2v) is 6.35. The lowest BCUT2D eigenvalue weighted by Gasteiger charge is -2.43. The summed E-state index contributed by atoms with van der Waals surface area (Å²) in [6.45, 7) is 10.3. The van der Waals surface area contributed by atoms with E-state index in [2.05, 4.69) is 35.3 Å². The molecule has 0 saturated carbocycles. The molecule has 4 nitrogen and oxygen atoms in total. The van der Waals surface area contributed by atoms with Crippen molar-refractivity contribution in [1.82, 2.24) is 4.90 Å². The molecule has 5 heteroatoms. The van der Waals surface area contributed by atoms with Gasteiger partial charge in [-0.05, 0) is 30.5 Å². The molecule has 127 valence electrons. The molecule has 0 aliphatic carbocycles. The van der Waals surface area contributed by atoms with Gasteiger partial charge in [0.2, 0.25) is 0 Å². The maximum atomic E-state index is 13.8. The van der Waals surface area contributed by atoms with Crippen LogP contribution in [-0.4, -0.2) is 50.2 Å². The zero-order valence-electron chi connectivity index (χ0n) is 14.4. The molecule has 0 N–H and O–H groups in total. The normalized spacial score (nSPS) is 19.2. The zero-order chi connectivity index (χ0) is 17.0. The van der Waals surface area contributed by atoms with Gasteiger partial charge >= 0.3 is 5.97 Å². The lowest BCUT2D eigenvalue weighted by atomic mass is 10.1. The fourth-order valence-corrected chi connectivity index (χ4v) is 3.16. The minimum atomic E-state index is -0.632. The molecule has 0 aromatic heterocycles. The van der Waals surface area contributed by atoms with Crippen LogP contribution in [-0.2, 0) is 4.74 Å². The van der Waals surface area contributed by atoms with Crippen molar-refractivity contribution >= 4 is 11.7 Å². The molecule has 1 aliphatic heterocycles. The molecule has 23 heavy (non-hydrogen) atoms. The van der Waals surface area contributed by atoms with Gasteiger partial charge in [-0.1, -0.05) is 20.8 Å². The molecule has 1 radical (unpaired) electrons. The van der Waals surface area contributed by atoms with Gasteiger partial charge in [0.1, 0.15) is 5.82 Å². The summed E-state index contributed by atoms with van der Waals surface area (Å²) >= 11 is 0. The monoisotopic (exact) mass is 321 g/mol. The number of hydrogen-bond donors (Lipinski definition) is 0. The van der Waals surface area contributed by atoms with Crippen LogP contribution >= 0.6 is 0 Å². The first-order valence-electron chi connectivity index (χ1n) is 8.12. The summed E-state index contributed by atoms with van der Waals surface area (Å²) in [5.74, 6) is 0.235. The van der Waals surface area contributed by atoms with Crippen molar-refractivity contribution in [2.24, 2.45) is 0 Å². The first kappa shape index (κ1) is 17.7. The van der Waals surface area contributed by atoms with Crippen LogP contribution in [0.15, 0.2) is 18.2 Å². The summed E-state index contributed by atoms with van der Waals surface area (Å²) in [6, 6.07) is 5.07. The third-order valence-corrected chi connectivity index (χ3v) is 4.26. The van der Waals surface area contributed by atoms with Gasteiger partial charge in [-0.15, -0.1) is 0 Å². The van der Waals surface area contributed by atoms with Crippen molar-refractivity contribution < 1.29 is 13.9 Å². The van der Waals surface area contributed by atoms with E-state index in [9.17, 15) is 9.18 Å². The highest BCUT2D eigenvalue weighted by Gasteiger charge is 2.27. The number of benzene rings is 1. The molecule has 1 aliphatic rings. The van der Waals surface area contributed by atoms with Gasteiger partial charge in [-0.3, -0.25) is 4.90 Å². The minimum absolute atomic E-state index is 0.0000172. The smallest absolute Gasteiger partial charge is 0.340 e. The van der Waals surface area contributed by atoms with Crippen molar-refractivity contribution in [2.45, 2.75) is 33.2 Å². The molecule has 1 aromatic carbocycles. The highest BCUT2D eigenvalue weighted by molar-refractivity contribution is 5.90. The van der Waals surface area contributed by atoms with E-state index in [1.807, 2.05) is 0 Å². The van der Waals surface area contributed by atoms with Crippen LogP contribution in [0.25, 0.3) is 0 Å². The van der Waals surface area contributed by atoms with Gasteiger partial charge in [-0.25, -0.2) is 9.18 Å². The standard InChI is InChI=1S/C18H26FN2O2/c1-5-14-12-20(11-13(2)3)8-9-21(14)15-6-7-17(19)16(10-15)18(22)23-4/h6-7,10,14H,5,8-9,11-12H2,1-4H3/t14-/m0/s1. The Morgan fingerprint density at radius 1 is 1.35 bits per heavy atom. The molecule has 1 saturated heterocycles. The topological polar surface area (TPSA) is 32.8 Å². The summed E-state index contributed by atoms with van der Waals surface area (Å²) in [6.07, 6.45) is 1.00. The van der Waals surface area contributed by atoms with Crippen LogP contribution in [0.3, 0.4) is 0 Å². The molecule has 0 spiro atoms. The van der Waals surface area contributed by atoms with Gasteiger partial charge < -0.3 is 9.64 Å². The lowest BCUT2D eigenvalue weighted by Crippen LogP contribution is -2.53. The Morgan fingerprint density at radius 3 is 2.70 bits per heavy atom. The summed E-state index contributed by atoms with van der Waals surface area (Å²) in [4.78, 5) is 16.4. The molecule has 0 amide bonds. The van der Waals surface area contributed by atoms with Gasteiger partial charge in [0, 0.05) is 37.9 Å². The average Bonchev–Trinajstić information content (AvgIpc) is 2.54. The van der Waals surface area contributed by atoms with Gasteiger partial charge in [0.15, 0.2) is 0 Å². The van der Waals surface area contributed by atoms with Crippen LogP contribution in [0, 0.1) is 11.7 Å². The van der Waals surface area contributed by atoms with Crippen molar-refractivity contribution in [1.29, 1.82) is 0 Å². The van der Waals surface area contributed by atoms with Crippen molar-refractivity contribution in [3.63, 3.8) is 0 Å². The van der Waals surface area contributed by atoms with Crippen molar-refractivity contribution in [3.05, 3.63) is 35.5 Å². The van der Waals surface area contributed by atoms with Gasteiger partial charge in [0.25, 0.3) is 0 Å². The van der Waals surface area contributed by atoms with Crippen LogP contribution in [0.5, 0.6) is 0 Å². The Balaban J connectivity index is 2.19. The predicted octanol–water partition coefficient (Wildman–Crippen LogP) is 3.13. The van der Waals surface area contributed by atoms with Gasteiger partial charge in [0.05, 0.1) is 12.7 Å². The van der Waals surface area contributed by atoms with E-state index in [1.165, 1.54) is 19.1 Å². The molecule has 1 heterocycles. The second kappa shape index (κ2) is 7.77. The van der Waals surface area contributed by atoms with E-state index in [4.69, 9.17) is 0 Å². The summed E-state index contributed by atoms with van der Waals surface area (Å²) in [5, 5.41) is 0. The predicted molar refractivity (Wildman–Crippen MR) is 90.2 cm³/mol. The number of ether oxygens (including phenoxy) is 1. The summed E-state index contributed by atoms with van der Waals surface area (Å²) < 4.78 is 18.5. The Kier molecular flexibility index (Phi) is 5.99. The average molecular weight is 321 g/mol. The number of anilines is 1. The Morgan fingerprint density at radius 2 is 2.09 bits per heavy atom. The molecule has 0 unspecified atom stereocenters. The maximum absolute atomic E-state index is 13.8. The number of piperazine rings is 1. The highest BCUT2D eigenvalue weighted by atomic mass is 19.1. The molecule has 1 atom stereocenters. The number of nitrogens with zero attached hydrogens (tertiary/aromatic N) is 2. The summed E-state index contributed by atoms with van der Waals surface area (Å²) in [7, 11) is 1.27. The highest BCUT2D eigenvalue weighted by Crippen LogP contribution is 2.25. The molecular weight excluding hydrogens is 295 g/mol. The largest absolute Gasteiger partial charge is 0.465 e. The summed E-state index contributed by atoms with van der Waals surface area (Å²) in [5.41, 5.74) is 0.885. The number of carbonyl (C=O) groups is 1. The third-order valence-electron chi connectivity index (χ3n) is 4.26. The number of halogens is 1. The third kappa shape index (κ3) is 4.22. The number of rotatable bonds is 5. The van der Waals surface area contributed by atoms with E-state index in [-0.39, 0.29) is 5.56 Å². The van der Waals surface area contributed by atoms with E-state index in [0.717, 1.165) is 38.3 Å². The van der Waals surface area contributed by atoms with Crippen LogP contribution in [0.2, 0.25) is 0 Å². The van der Waals surface area contributed by atoms with Crippen molar-refractivity contribution in [3.8, 4) is 0 Å². The lowest BCUT2D eigenvalue weighted by molar-refractivity contribution is 0.0595. The first-order valence-corrected chi connectivity index (χ1v) is 8.12. The van der Waals surface area contributed by atoms with Crippen LogP contribution in [0.4, 0.5) is 10.1 Å².